The summed E-state index contributed by atoms with van der Waals surface area (Å²) in [6.45, 7) is 26.2. The molecule has 0 unspecified atom stereocenters. The van der Waals surface area contributed by atoms with Crippen molar-refractivity contribution in [3.63, 3.8) is 0 Å². The molecule has 2 radical (unpaired) electrons. The molecule has 0 aromatic rings. The van der Waals surface area contributed by atoms with Crippen molar-refractivity contribution in [1.82, 2.24) is 19.6 Å². The molecule has 4 aliphatic carbocycles. The van der Waals surface area contributed by atoms with E-state index in [1.54, 1.807) is 0 Å². The van der Waals surface area contributed by atoms with Gasteiger partial charge in [-0.1, -0.05) is 109 Å². The van der Waals surface area contributed by atoms with E-state index in [1.165, 1.54) is 28.4 Å². The predicted octanol–water partition coefficient (Wildman–Crippen LogP) is 10.5. The Labute approximate surface area is 558 Å². The van der Waals surface area contributed by atoms with Gasteiger partial charge in [-0.3, -0.25) is 19.2 Å². The molecule has 0 aromatic carbocycles. The molecule has 16 atom stereocenters. The SMILES string of the molecule is COC(=O)N1C[C@@H](C(=O)[C@@H]2C[C@@H](C)CC[C@@H]2C(C)C)N=C1O.COC(=O)N1C[C@@H](C(=O)[C@@H]2C[C@@H](C)CC[C@@H]2C(C)C)N=C1O.COC(=O)N1C[C@@H](C(=O)[C@@H]2C[C@@H](C)CC[C@@H]2C(C)C)N=C1O.COC(=O)N1C[C@@H](C(=O)[C@@H]2C[C@@H](C)CC[C@@H]2C(C)C)N=C1O.[Rh].[Rh]. The fourth-order valence-corrected chi connectivity index (χ4v) is 14.8. The first-order valence-electron chi connectivity index (χ1n) is 32.0. The van der Waals surface area contributed by atoms with Crippen LogP contribution in [-0.2, 0) is 77.1 Å². The molecule has 514 valence electrons. The van der Waals surface area contributed by atoms with Gasteiger partial charge in [-0.2, -0.15) is 0 Å². The fraction of sp³-hybridized carbons (Fsp3) is 0.812. The zero-order valence-electron chi connectivity index (χ0n) is 55.8. The largest absolute Gasteiger partial charge is 0.480 e. The van der Waals surface area contributed by atoms with Crippen LogP contribution in [0.15, 0.2) is 20.0 Å². The van der Waals surface area contributed by atoms with Gasteiger partial charge in [-0.15, -0.1) is 0 Å². The minimum absolute atomic E-state index is 0. The van der Waals surface area contributed by atoms with Crippen LogP contribution >= 0.6 is 0 Å². The van der Waals surface area contributed by atoms with E-state index < -0.39 is 72.6 Å². The number of carbonyl (C=O) groups excluding carboxylic acids is 8. The second-order valence-electron chi connectivity index (χ2n) is 27.4. The second kappa shape index (κ2) is 35.8. The van der Waals surface area contributed by atoms with E-state index in [0.717, 1.165) is 96.6 Å². The number of rotatable bonds is 12. The van der Waals surface area contributed by atoms with Crippen LogP contribution < -0.4 is 0 Å². The van der Waals surface area contributed by atoms with E-state index in [1.807, 2.05) is 0 Å². The number of aliphatic imine (C=N–C) groups is 4. The van der Waals surface area contributed by atoms with Crippen molar-refractivity contribution in [2.75, 3.05) is 54.6 Å². The minimum Gasteiger partial charge on any atom is -0.480 e. The average Bonchev–Trinajstić information content (AvgIpc) is 2.99. The first kappa shape index (κ1) is 79.1. The molecule has 8 aliphatic rings. The fourth-order valence-electron chi connectivity index (χ4n) is 14.8. The molecule has 4 N–H and O–H groups in total. The van der Waals surface area contributed by atoms with Crippen molar-refractivity contribution in [2.24, 2.45) is 115 Å². The molecule has 0 spiro atoms. The quantitative estimate of drug-likeness (QED) is 0.104. The summed E-state index contributed by atoms with van der Waals surface area (Å²) in [4.78, 5) is 118. The molecule has 4 aliphatic heterocycles. The monoisotopic (exact) mass is 1450 g/mol. The standard InChI is InChI=1S/4C16H26N2O4.2Rh/c4*1-9(2)11-6-5-10(3)7-12(11)14(19)13-8-18(15(20)17-13)16(21)22-4;;/h4*9-13H,5-8H2,1-4H3,(H,17,20);;/t4*10-,11+,12+,13-;;/m0000../s1. The topological polar surface area (TPSA) is 317 Å². The summed E-state index contributed by atoms with van der Waals surface area (Å²) < 4.78 is 18.4. The number of ether oxygens (including phenoxy) is 4. The number of amides is 4. The molecule has 90 heavy (non-hydrogen) atoms. The van der Waals surface area contributed by atoms with Crippen LogP contribution in [0.3, 0.4) is 0 Å². The van der Waals surface area contributed by atoms with Crippen LogP contribution in [0.25, 0.3) is 0 Å². The van der Waals surface area contributed by atoms with Gasteiger partial charge in [0, 0.05) is 62.6 Å². The number of Topliss-reactive ketones (excluding diaryl/α,β-unsaturated/α-hetero) is 4. The van der Waals surface area contributed by atoms with Gasteiger partial charge < -0.3 is 39.4 Å². The van der Waals surface area contributed by atoms with Crippen molar-refractivity contribution in [1.29, 1.82) is 0 Å². The van der Waals surface area contributed by atoms with E-state index in [4.69, 9.17) is 0 Å². The summed E-state index contributed by atoms with van der Waals surface area (Å²) in [7, 11) is 4.95. The Morgan fingerprint density at radius 2 is 0.511 bits per heavy atom. The number of hydrogen-bond acceptors (Lipinski definition) is 16. The van der Waals surface area contributed by atoms with E-state index in [9.17, 15) is 58.8 Å². The Bertz CT molecular complexity index is 2260. The number of hydrogen-bond donors (Lipinski definition) is 4. The van der Waals surface area contributed by atoms with Crippen molar-refractivity contribution < 1.29 is 117 Å². The Hall–Kier alpha value is -5.11. The zero-order chi connectivity index (χ0) is 65.8. The summed E-state index contributed by atoms with van der Waals surface area (Å²) in [6.07, 6.45) is 9.55. The summed E-state index contributed by atoms with van der Waals surface area (Å²) in [6, 6.07) is -4.37. The molecule has 0 bridgehead atoms. The summed E-state index contributed by atoms with van der Waals surface area (Å²) in [5.74, 6) is 5.32. The number of aliphatic hydroxyl groups is 4. The van der Waals surface area contributed by atoms with Crippen LogP contribution in [0.2, 0.25) is 0 Å². The Morgan fingerprint density at radius 3 is 0.656 bits per heavy atom. The smallest absolute Gasteiger partial charge is 0.417 e. The van der Waals surface area contributed by atoms with Crippen LogP contribution in [-0.4, -0.2) is 190 Å². The van der Waals surface area contributed by atoms with Gasteiger partial charge in [0.2, 0.25) is 0 Å². The number of aliphatic hydroxyl groups excluding tert-OH is 4. The number of methoxy groups -OCH3 is 4. The van der Waals surface area contributed by atoms with Crippen molar-refractivity contribution in [2.45, 2.75) is 184 Å². The number of carbonyl (C=O) groups is 8. The van der Waals surface area contributed by atoms with Crippen molar-refractivity contribution in [3.05, 3.63) is 0 Å². The minimum atomic E-state index is -0.686. The van der Waals surface area contributed by atoms with Gasteiger partial charge in [0.15, 0.2) is 23.1 Å². The Kier molecular flexibility index (Phi) is 31.5. The molecule has 0 aromatic heterocycles. The number of amidine groups is 4. The van der Waals surface area contributed by atoms with E-state index in [0.29, 0.717) is 71.0 Å². The second-order valence-corrected chi connectivity index (χ2v) is 27.4. The van der Waals surface area contributed by atoms with Gasteiger partial charge in [-0.05, 0) is 122 Å². The van der Waals surface area contributed by atoms with Crippen LogP contribution in [0.5, 0.6) is 0 Å². The molecular formula is C64H104N8O16Rh2. The van der Waals surface area contributed by atoms with Crippen LogP contribution in [0, 0.1) is 94.7 Å². The maximum atomic E-state index is 12.9. The van der Waals surface area contributed by atoms with Crippen LogP contribution in [0.4, 0.5) is 19.2 Å². The van der Waals surface area contributed by atoms with Crippen molar-refractivity contribution in [3.8, 4) is 0 Å². The Balaban J connectivity index is 0.000000311. The summed E-state index contributed by atoms with van der Waals surface area (Å²) in [5, 5.41) is 39.0. The number of ketones is 4. The molecule has 4 saturated carbocycles. The third-order valence-corrected chi connectivity index (χ3v) is 19.9. The van der Waals surface area contributed by atoms with Gasteiger partial charge in [0.05, 0.1) is 54.6 Å². The van der Waals surface area contributed by atoms with E-state index in [2.05, 4.69) is 122 Å². The molecule has 4 heterocycles. The molecule has 4 amide bonds. The molecule has 26 heteroatoms. The van der Waals surface area contributed by atoms with Gasteiger partial charge in [0.1, 0.15) is 24.2 Å². The van der Waals surface area contributed by atoms with E-state index in [-0.39, 0.29) is 112 Å². The maximum Gasteiger partial charge on any atom is 0.417 e. The Morgan fingerprint density at radius 1 is 0.344 bits per heavy atom. The number of nitrogens with zero attached hydrogens (tertiary/aromatic N) is 8. The zero-order valence-corrected chi connectivity index (χ0v) is 59.1. The first-order chi connectivity index (χ1) is 41.4. The predicted molar refractivity (Wildman–Crippen MR) is 331 cm³/mol. The summed E-state index contributed by atoms with van der Waals surface area (Å²) in [5.41, 5.74) is 0. The molecule has 0 saturated heterocycles. The van der Waals surface area contributed by atoms with Crippen LogP contribution in [0.1, 0.15) is 160 Å². The maximum absolute atomic E-state index is 12.9. The van der Waals surface area contributed by atoms with Gasteiger partial charge in [0.25, 0.3) is 24.1 Å². The molecule has 24 nitrogen and oxygen atoms in total. The third-order valence-electron chi connectivity index (χ3n) is 19.9. The van der Waals surface area contributed by atoms with E-state index >= 15 is 0 Å². The van der Waals surface area contributed by atoms with Crippen molar-refractivity contribution >= 4 is 71.6 Å². The average molecular weight is 1450 g/mol. The molecular weight excluding hydrogens is 1340 g/mol. The van der Waals surface area contributed by atoms with Gasteiger partial charge >= 0.3 is 24.4 Å². The van der Waals surface area contributed by atoms with Gasteiger partial charge in [-0.25, -0.2) is 58.7 Å². The summed E-state index contributed by atoms with van der Waals surface area (Å²) >= 11 is 0. The third kappa shape index (κ3) is 20.0. The first-order valence-corrected chi connectivity index (χ1v) is 32.0. The normalized spacial score (nSPS) is 31.3. The molecule has 8 rings (SSSR count). The molecule has 4 fully saturated rings.